The molecule has 1 saturated heterocycles. The van der Waals surface area contributed by atoms with E-state index in [1.807, 2.05) is 30.3 Å². The van der Waals surface area contributed by atoms with E-state index in [0.29, 0.717) is 31.2 Å². The second-order valence-electron chi connectivity index (χ2n) is 7.04. The molecule has 2 aliphatic rings. The van der Waals surface area contributed by atoms with Gasteiger partial charge < -0.3 is 19.5 Å². The molecule has 5 nitrogen and oxygen atoms in total. The number of benzene rings is 2. The van der Waals surface area contributed by atoms with Gasteiger partial charge >= 0.3 is 0 Å². The van der Waals surface area contributed by atoms with Crippen LogP contribution in [0.3, 0.4) is 0 Å². The summed E-state index contributed by atoms with van der Waals surface area (Å²) in [7, 11) is 0. The Morgan fingerprint density at radius 2 is 1.89 bits per heavy atom. The van der Waals surface area contributed by atoms with Crippen molar-refractivity contribution in [3.05, 3.63) is 58.6 Å². The zero-order valence-electron chi connectivity index (χ0n) is 15.0. The lowest BCUT2D eigenvalue weighted by Gasteiger charge is -2.38. The number of amides is 1. The van der Waals surface area contributed by atoms with Crippen LogP contribution in [0.2, 0.25) is 5.02 Å². The van der Waals surface area contributed by atoms with Crippen LogP contribution in [-0.2, 0) is 21.4 Å². The number of carbonyl (C=O) groups is 1. The van der Waals surface area contributed by atoms with Gasteiger partial charge in [0.05, 0.1) is 6.42 Å². The van der Waals surface area contributed by atoms with E-state index in [9.17, 15) is 4.79 Å². The standard InChI is InChI=1S/C21H22ClNO4/c22-17-3-1-2-15(10-17)11-20(24)23-13-21(6-8-25-9-7-21)16-4-5-18-19(12-16)27-14-26-18/h1-5,10,12H,6-9,11,13-14H2,(H,23,24). The fourth-order valence-electron chi connectivity index (χ4n) is 3.72. The van der Waals surface area contributed by atoms with Crippen molar-refractivity contribution in [3.8, 4) is 11.5 Å². The molecule has 0 saturated carbocycles. The van der Waals surface area contributed by atoms with Gasteiger partial charge in [0.1, 0.15) is 0 Å². The van der Waals surface area contributed by atoms with Gasteiger partial charge in [-0.3, -0.25) is 4.79 Å². The molecule has 0 bridgehead atoms. The van der Waals surface area contributed by atoms with Crippen molar-refractivity contribution < 1.29 is 19.0 Å². The van der Waals surface area contributed by atoms with Gasteiger partial charge in [0.2, 0.25) is 12.7 Å². The van der Waals surface area contributed by atoms with E-state index >= 15 is 0 Å². The maximum Gasteiger partial charge on any atom is 0.231 e. The molecule has 2 aliphatic heterocycles. The van der Waals surface area contributed by atoms with Gasteiger partial charge in [-0.25, -0.2) is 0 Å². The predicted octanol–water partition coefficient (Wildman–Crippen LogP) is 3.48. The van der Waals surface area contributed by atoms with Crippen molar-refractivity contribution in [2.24, 2.45) is 0 Å². The SMILES string of the molecule is O=C(Cc1cccc(Cl)c1)NCC1(c2ccc3c(c2)OCO3)CCOCC1. The summed E-state index contributed by atoms with van der Waals surface area (Å²) in [6.07, 6.45) is 2.02. The van der Waals surface area contributed by atoms with Crippen LogP contribution in [-0.4, -0.2) is 32.5 Å². The van der Waals surface area contributed by atoms with E-state index in [4.69, 9.17) is 25.8 Å². The van der Waals surface area contributed by atoms with Gasteiger partial charge in [-0.2, -0.15) is 0 Å². The summed E-state index contributed by atoms with van der Waals surface area (Å²) in [5.74, 6) is 1.53. The van der Waals surface area contributed by atoms with Crippen LogP contribution in [0.1, 0.15) is 24.0 Å². The predicted molar refractivity (Wildman–Crippen MR) is 102 cm³/mol. The van der Waals surface area contributed by atoms with Crippen LogP contribution in [0.5, 0.6) is 11.5 Å². The Bertz CT molecular complexity index is 833. The smallest absolute Gasteiger partial charge is 0.231 e. The minimum absolute atomic E-state index is 0.0103. The lowest BCUT2D eigenvalue weighted by Crippen LogP contribution is -2.45. The van der Waals surface area contributed by atoms with Crippen LogP contribution in [0.25, 0.3) is 0 Å². The van der Waals surface area contributed by atoms with Crippen LogP contribution < -0.4 is 14.8 Å². The topological polar surface area (TPSA) is 56.8 Å². The Kier molecular flexibility index (Phi) is 5.23. The van der Waals surface area contributed by atoms with Crippen LogP contribution in [0.15, 0.2) is 42.5 Å². The maximum absolute atomic E-state index is 12.5. The Hall–Kier alpha value is -2.24. The number of hydrogen-bond donors (Lipinski definition) is 1. The number of carbonyl (C=O) groups excluding carboxylic acids is 1. The lowest BCUT2D eigenvalue weighted by molar-refractivity contribution is -0.120. The third kappa shape index (κ3) is 4.04. The van der Waals surface area contributed by atoms with E-state index in [2.05, 4.69) is 11.4 Å². The number of nitrogens with one attached hydrogen (secondary N) is 1. The highest BCUT2D eigenvalue weighted by molar-refractivity contribution is 6.30. The number of rotatable bonds is 5. The molecule has 2 aromatic carbocycles. The van der Waals surface area contributed by atoms with E-state index in [1.54, 1.807) is 6.07 Å². The molecular formula is C21H22ClNO4. The van der Waals surface area contributed by atoms with Gasteiger partial charge in [0.25, 0.3) is 0 Å². The first kappa shape index (κ1) is 18.1. The summed E-state index contributed by atoms with van der Waals surface area (Å²) in [5, 5.41) is 3.76. The summed E-state index contributed by atoms with van der Waals surface area (Å²) in [4.78, 5) is 12.5. The third-order valence-electron chi connectivity index (χ3n) is 5.31. The fraction of sp³-hybridized carbons (Fsp3) is 0.381. The Balaban J connectivity index is 1.48. The largest absolute Gasteiger partial charge is 0.454 e. The van der Waals surface area contributed by atoms with Gasteiger partial charge in [0, 0.05) is 30.2 Å². The molecule has 142 valence electrons. The molecule has 2 heterocycles. The van der Waals surface area contributed by atoms with E-state index in [0.717, 1.165) is 35.5 Å². The quantitative estimate of drug-likeness (QED) is 0.853. The van der Waals surface area contributed by atoms with Crippen LogP contribution in [0, 0.1) is 0 Å². The summed E-state index contributed by atoms with van der Waals surface area (Å²) in [5.41, 5.74) is 1.89. The second-order valence-corrected chi connectivity index (χ2v) is 7.48. The molecule has 6 heteroatoms. The summed E-state index contributed by atoms with van der Waals surface area (Å²) >= 11 is 6.01. The van der Waals surface area contributed by atoms with Crippen LogP contribution >= 0.6 is 11.6 Å². The highest BCUT2D eigenvalue weighted by Gasteiger charge is 2.36. The minimum Gasteiger partial charge on any atom is -0.454 e. The van der Waals surface area contributed by atoms with Gasteiger partial charge in [0.15, 0.2) is 11.5 Å². The highest BCUT2D eigenvalue weighted by Crippen LogP contribution is 2.40. The molecular weight excluding hydrogens is 366 g/mol. The molecule has 1 N–H and O–H groups in total. The molecule has 0 spiro atoms. The first-order chi connectivity index (χ1) is 13.1. The Morgan fingerprint density at radius 3 is 2.70 bits per heavy atom. The molecule has 0 unspecified atom stereocenters. The van der Waals surface area contributed by atoms with Crippen molar-refractivity contribution in [1.29, 1.82) is 0 Å². The van der Waals surface area contributed by atoms with E-state index in [-0.39, 0.29) is 18.1 Å². The normalized spacial score (nSPS) is 17.5. The fourth-order valence-corrected chi connectivity index (χ4v) is 3.93. The summed E-state index contributed by atoms with van der Waals surface area (Å²) in [6, 6.07) is 13.5. The van der Waals surface area contributed by atoms with Gasteiger partial charge in [-0.1, -0.05) is 29.8 Å². The minimum atomic E-state index is -0.163. The number of halogens is 1. The Morgan fingerprint density at radius 1 is 1.07 bits per heavy atom. The van der Waals surface area contributed by atoms with E-state index in [1.165, 1.54) is 0 Å². The first-order valence-corrected chi connectivity index (χ1v) is 9.51. The summed E-state index contributed by atoms with van der Waals surface area (Å²) in [6.45, 7) is 2.18. The molecule has 0 aromatic heterocycles. The van der Waals surface area contributed by atoms with Crippen molar-refractivity contribution in [2.45, 2.75) is 24.7 Å². The zero-order valence-corrected chi connectivity index (χ0v) is 15.8. The van der Waals surface area contributed by atoms with Crippen LogP contribution in [0.4, 0.5) is 0 Å². The average molecular weight is 388 g/mol. The molecule has 1 amide bonds. The molecule has 1 fully saturated rings. The van der Waals surface area contributed by atoms with Gasteiger partial charge in [-0.05, 0) is 48.2 Å². The van der Waals surface area contributed by atoms with Crippen molar-refractivity contribution in [2.75, 3.05) is 26.6 Å². The maximum atomic E-state index is 12.5. The molecule has 0 radical (unpaired) electrons. The Labute approximate surface area is 163 Å². The molecule has 2 aromatic rings. The second kappa shape index (κ2) is 7.79. The number of hydrogen-bond acceptors (Lipinski definition) is 4. The van der Waals surface area contributed by atoms with Crippen molar-refractivity contribution in [3.63, 3.8) is 0 Å². The number of fused-ring (bicyclic) bond motifs is 1. The highest BCUT2D eigenvalue weighted by atomic mass is 35.5. The molecule has 4 rings (SSSR count). The molecule has 0 atom stereocenters. The molecule has 27 heavy (non-hydrogen) atoms. The lowest BCUT2D eigenvalue weighted by atomic mass is 9.74. The van der Waals surface area contributed by atoms with Gasteiger partial charge in [-0.15, -0.1) is 0 Å². The van der Waals surface area contributed by atoms with Crippen molar-refractivity contribution in [1.82, 2.24) is 5.32 Å². The monoisotopic (exact) mass is 387 g/mol. The van der Waals surface area contributed by atoms with Crippen molar-refractivity contribution >= 4 is 17.5 Å². The third-order valence-corrected chi connectivity index (χ3v) is 5.55. The zero-order chi connectivity index (χ0) is 18.7. The number of ether oxygens (including phenoxy) is 3. The average Bonchev–Trinajstić information content (AvgIpc) is 3.15. The molecule has 0 aliphatic carbocycles. The first-order valence-electron chi connectivity index (χ1n) is 9.14. The van der Waals surface area contributed by atoms with E-state index < -0.39 is 0 Å². The summed E-state index contributed by atoms with van der Waals surface area (Å²) < 4.78 is 16.5.